The highest BCUT2D eigenvalue weighted by molar-refractivity contribution is 6.02. The summed E-state index contributed by atoms with van der Waals surface area (Å²) in [5.74, 6) is 0. The van der Waals surface area contributed by atoms with Crippen molar-refractivity contribution in [1.82, 2.24) is 0 Å². The van der Waals surface area contributed by atoms with Crippen molar-refractivity contribution < 1.29 is 0 Å². The molecule has 9 rings (SSSR count). The van der Waals surface area contributed by atoms with E-state index in [-0.39, 0.29) is 32.5 Å². The van der Waals surface area contributed by atoms with Crippen LogP contribution in [0, 0.1) is 20.8 Å². The average Bonchev–Trinajstić information content (AvgIpc) is 3.62. The van der Waals surface area contributed by atoms with Gasteiger partial charge in [-0.25, -0.2) is 0 Å². The standard InChI is InChI=1S/C67H77N/c1-40-20-24-43(25-21-40)52-38-49(39-53(42(52)3)44-26-22-41(2)23-27-44)68(58-36-47(64(10,11)12)34-56-60(58)50-30-28-45(62(4,5)6)32-54(50)66(56,16)17)59-37-48(65(13,14)15)35-57-61(59)51-31-29-46(63(7,8)9)33-55(51)67(57,18)19/h20-39H,1-19H3. The molecule has 0 bridgehead atoms. The molecule has 7 aromatic rings. The van der Waals surface area contributed by atoms with Gasteiger partial charge in [0.15, 0.2) is 0 Å². The van der Waals surface area contributed by atoms with E-state index in [2.05, 4.69) is 258 Å². The summed E-state index contributed by atoms with van der Waals surface area (Å²) in [6.45, 7) is 44.9. The molecule has 350 valence electrons. The highest BCUT2D eigenvalue weighted by Gasteiger charge is 2.44. The van der Waals surface area contributed by atoms with E-state index in [4.69, 9.17) is 0 Å². The Labute approximate surface area is 411 Å². The molecule has 2 aliphatic carbocycles. The second kappa shape index (κ2) is 15.7. The first kappa shape index (κ1) is 47.4. The predicted molar refractivity (Wildman–Crippen MR) is 296 cm³/mol. The molecule has 68 heavy (non-hydrogen) atoms. The largest absolute Gasteiger partial charge is 0.309 e. The van der Waals surface area contributed by atoms with E-state index in [0.29, 0.717) is 0 Å². The van der Waals surface area contributed by atoms with Gasteiger partial charge < -0.3 is 4.90 Å². The van der Waals surface area contributed by atoms with Crippen molar-refractivity contribution in [1.29, 1.82) is 0 Å². The molecule has 7 aromatic carbocycles. The molecule has 0 spiro atoms. The van der Waals surface area contributed by atoms with E-state index in [1.54, 1.807) is 0 Å². The Morgan fingerprint density at radius 1 is 0.338 bits per heavy atom. The van der Waals surface area contributed by atoms with Crippen molar-refractivity contribution in [3.63, 3.8) is 0 Å². The SMILES string of the molecule is Cc1ccc(-c2cc(N(c3cc(C(C)(C)C)cc4c3-c3ccc(C(C)(C)C)cc3C4(C)C)c3cc(C(C)(C)C)cc4c3-c3ccc(C(C)(C)C)cc3C4(C)C)cc(-c3ccc(C)cc3)c2C)cc1. The molecular formula is C67H77N. The lowest BCUT2D eigenvalue weighted by Crippen LogP contribution is -2.22. The fourth-order valence-electron chi connectivity index (χ4n) is 11.1. The Balaban J connectivity index is 1.50. The first-order valence-electron chi connectivity index (χ1n) is 25.3. The lowest BCUT2D eigenvalue weighted by molar-refractivity contribution is 0.580. The fraction of sp³-hybridized carbons (Fsp3) is 0.373. The third kappa shape index (κ3) is 7.87. The third-order valence-electron chi connectivity index (χ3n) is 15.8. The summed E-state index contributed by atoms with van der Waals surface area (Å²) in [4.78, 5) is 2.72. The lowest BCUT2D eigenvalue weighted by atomic mass is 9.77. The molecule has 0 atom stereocenters. The van der Waals surface area contributed by atoms with Gasteiger partial charge >= 0.3 is 0 Å². The molecule has 0 N–H and O–H groups in total. The number of anilines is 3. The highest BCUT2D eigenvalue weighted by Crippen LogP contribution is 2.60. The van der Waals surface area contributed by atoms with Crippen LogP contribution in [-0.2, 0) is 32.5 Å². The van der Waals surface area contributed by atoms with Crippen molar-refractivity contribution in [2.75, 3.05) is 4.90 Å². The van der Waals surface area contributed by atoms with Gasteiger partial charge in [0.1, 0.15) is 0 Å². The van der Waals surface area contributed by atoms with E-state index in [9.17, 15) is 0 Å². The van der Waals surface area contributed by atoms with Crippen molar-refractivity contribution in [2.45, 2.75) is 164 Å². The zero-order valence-corrected chi connectivity index (χ0v) is 45.0. The molecule has 0 fully saturated rings. The third-order valence-corrected chi connectivity index (χ3v) is 15.8. The molecule has 0 heterocycles. The van der Waals surface area contributed by atoms with Crippen LogP contribution >= 0.6 is 0 Å². The molecule has 2 aliphatic rings. The van der Waals surface area contributed by atoms with Gasteiger partial charge in [0.2, 0.25) is 0 Å². The smallest absolute Gasteiger partial charge is 0.0546 e. The van der Waals surface area contributed by atoms with Gasteiger partial charge in [-0.1, -0.05) is 219 Å². The van der Waals surface area contributed by atoms with Crippen LogP contribution < -0.4 is 4.90 Å². The van der Waals surface area contributed by atoms with Gasteiger partial charge in [-0.3, -0.25) is 0 Å². The Bertz CT molecular complexity index is 2930. The summed E-state index contributed by atoms with van der Waals surface area (Å²) in [6, 6.07) is 48.4. The second-order valence-corrected chi connectivity index (χ2v) is 25.8. The number of nitrogens with zero attached hydrogens (tertiary/aromatic N) is 1. The molecule has 0 aromatic heterocycles. The van der Waals surface area contributed by atoms with Crippen LogP contribution in [0.5, 0.6) is 0 Å². The molecule has 1 heteroatoms. The fourth-order valence-corrected chi connectivity index (χ4v) is 11.1. The van der Waals surface area contributed by atoms with Crippen LogP contribution in [0.1, 0.15) is 172 Å². The Kier molecular flexibility index (Phi) is 10.9. The number of fused-ring (bicyclic) bond motifs is 6. The quantitative estimate of drug-likeness (QED) is 0.166. The summed E-state index contributed by atoms with van der Waals surface area (Å²) in [5, 5.41) is 0. The van der Waals surface area contributed by atoms with Gasteiger partial charge in [-0.2, -0.15) is 0 Å². The summed E-state index contributed by atoms with van der Waals surface area (Å²) in [5.41, 5.74) is 28.2. The first-order chi connectivity index (χ1) is 31.5. The topological polar surface area (TPSA) is 3.24 Å². The minimum Gasteiger partial charge on any atom is -0.309 e. The zero-order chi connectivity index (χ0) is 49.4. The van der Waals surface area contributed by atoms with Crippen LogP contribution in [0.4, 0.5) is 17.1 Å². The second-order valence-electron chi connectivity index (χ2n) is 25.8. The molecule has 1 nitrogen and oxygen atoms in total. The van der Waals surface area contributed by atoms with E-state index < -0.39 is 0 Å². The molecule has 0 amide bonds. The number of hydrogen-bond acceptors (Lipinski definition) is 1. The number of aryl methyl sites for hydroxylation is 2. The lowest BCUT2D eigenvalue weighted by Gasteiger charge is -2.35. The minimum atomic E-state index is -0.228. The number of benzene rings is 7. The first-order valence-corrected chi connectivity index (χ1v) is 25.3. The van der Waals surface area contributed by atoms with Crippen molar-refractivity contribution in [3.05, 3.63) is 183 Å². The average molecular weight is 896 g/mol. The van der Waals surface area contributed by atoms with Gasteiger partial charge in [0.25, 0.3) is 0 Å². The van der Waals surface area contributed by atoms with E-state index in [0.717, 1.165) is 0 Å². The molecule has 0 aliphatic heterocycles. The van der Waals surface area contributed by atoms with Crippen LogP contribution in [0.3, 0.4) is 0 Å². The molecular weight excluding hydrogens is 819 g/mol. The van der Waals surface area contributed by atoms with Gasteiger partial charge in [0, 0.05) is 27.6 Å². The maximum absolute atomic E-state index is 2.72. The van der Waals surface area contributed by atoms with E-state index in [1.807, 2.05) is 0 Å². The molecule has 0 unspecified atom stereocenters. The summed E-state index contributed by atoms with van der Waals surface area (Å²) >= 11 is 0. The summed E-state index contributed by atoms with van der Waals surface area (Å²) in [7, 11) is 0. The predicted octanol–water partition coefficient (Wildman–Crippen LogP) is 19.2. The van der Waals surface area contributed by atoms with Crippen LogP contribution in [0.15, 0.2) is 121 Å². The monoisotopic (exact) mass is 896 g/mol. The molecule has 0 saturated heterocycles. The molecule has 0 saturated carbocycles. The zero-order valence-electron chi connectivity index (χ0n) is 45.0. The number of rotatable bonds is 5. The molecule has 0 radical (unpaired) electrons. The van der Waals surface area contributed by atoms with Gasteiger partial charge in [-0.15, -0.1) is 0 Å². The van der Waals surface area contributed by atoms with Crippen molar-refractivity contribution in [2.24, 2.45) is 0 Å². The van der Waals surface area contributed by atoms with Crippen LogP contribution in [0.25, 0.3) is 44.5 Å². The van der Waals surface area contributed by atoms with Crippen molar-refractivity contribution >= 4 is 17.1 Å². The summed E-state index contributed by atoms with van der Waals surface area (Å²) in [6.07, 6.45) is 0. The van der Waals surface area contributed by atoms with Gasteiger partial charge in [-0.05, 0) is 150 Å². The highest BCUT2D eigenvalue weighted by atomic mass is 15.2. The van der Waals surface area contributed by atoms with Gasteiger partial charge in [0.05, 0.1) is 11.4 Å². The normalized spacial score (nSPS) is 14.9. The maximum Gasteiger partial charge on any atom is 0.0546 e. The number of hydrogen-bond donors (Lipinski definition) is 0. The maximum atomic E-state index is 2.72. The Morgan fingerprint density at radius 3 is 0.985 bits per heavy atom. The summed E-state index contributed by atoms with van der Waals surface area (Å²) < 4.78 is 0. The van der Waals surface area contributed by atoms with Crippen molar-refractivity contribution in [3.8, 4) is 44.5 Å². The van der Waals surface area contributed by atoms with E-state index >= 15 is 0 Å². The van der Waals surface area contributed by atoms with Crippen LogP contribution in [0.2, 0.25) is 0 Å². The Hall–Kier alpha value is -5.66. The minimum absolute atomic E-state index is 0.0208. The van der Waals surface area contributed by atoms with E-state index in [1.165, 1.54) is 123 Å². The Morgan fingerprint density at radius 2 is 0.662 bits per heavy atom. The van der Waals surface area contributed by atoms with Crippen LogP contribution in [-0.4, -0.2) is 0 Å².